The van der Waals surface area contributed by atoms with E-state index in [0.29, 0.717) is 5.75 Å². The highest BCUT2D eigenvalue weighted by molar-refractivity contribution is 7.80. The van der Waals surface area contributed by atoms with Crippen LogP contribution in [0.5, 0.6) is 11.5 Å². The summed E-state index contributed by atoms with van der Waals surface area (Å²) in [6, 6.07) is 15.3. The fourth-order valence-corrected chi connectivity index (χ4v) is 4.48. The van der Waals surface area contributed by atoms with Gasteiger partial charge in [-0.05, 0) is 48.0 Å². The fourth-order valence-electron chi connectivity index (χ4n) is 2.08. The molecule has 0 amide bonds. The predicted molar refractivity (Wildman–Crippen MR) is 103 cm³/mol. The average molecular weight is 404 g/mol. The van der Waals surface area contributed by atoms with Crippen molar-refractivity contribution in [3.63, 3.8) is 0 Å². The molecule has 0 radical (unpaired) electrons. The van der Waals surface area contributed by atoms with Gasteiger partial charge in [0, 0.05) is 4.88 Å². The molecule has 0 N–H and O–H groups in total. The number of hydrogen-bond donors (Lipinski definition) is 0. The first-order chi connectivity index (χ1) is 12.6. The van der Waals surface area contributed by atoms with Gasteiger partial charge in [0.05, 0.1) is 7.11 Å². The molecule has 0 unspecified atom stereocenters. The summed E-state index contributed by atoms with van der Waals surface area (Å²) in [6.07, 6.45) is -0.910. The Bertz CT molecular complexity index is 988. The van der Waals surface area contributed by atoms with E-state index >= 15 is 0 Å². The Labute approximate surface area is 161 Å². The molecule has 0 bridgehead atoms. The molecule has 0 aliphatic rings. The predicted octanol–water partition coefficient (Wildman–Crippen LogP) is 5.57. The second kappa shape index (κ2) is 8.22. The summed E-state index contributed by atoms with van der Waals surface area (Å²) in [5, 5.41) is 0. The smallest absolute Gasteiger partial charge is 0.437 e. The number of esters is 1. The highest BCUT2D eigenvalue weighted by Crippen LogP contribution is 2.30. The molecule has 0 fully saturated rings. The zero-order valence-corrected chi connectivity index (χ0v) is 15.9. The van der Waals surface area contributed by atoms with Crippen LogP contribution in [0.25, 0.3) is 10.4 Å². The molecule has 0 aliphatic heterocycles. The van der Waals surface area contributed by atoms with Crippen LogP contribution in [0, 0.1) is 3.82 Å². The van der Waals surface area contributed by atoms with Crippen molar-refractivity contribution >= 4 is 45.0 Å². The second-order valence-corrected chi connectivity index (χ2v) is 7.87. The molecule has 0 atom stereocenters. The highest BCUT2D eigenvalue weighted by Gasteiger charge is 2.17. The van der Waals surface area contributed by atoms with Crippen LogP contribution in [0.1, 0.15) is 10.4 Å². The third kappa shape index (κ3) is 4.34. The van der Waals surface area contributed by atoms with Crippen molar-refractivity contribution in [2.24, 2.45) is 0 Å². The van der Waals surface area contributed by atoms with Crippen molar-refractivity contribution in [1.29, 1.82) is 0 Å². The van der Waals surface area contributed by atoms with Crippen molar-refractivity contribution < 1.29 is 23.8 Å². The second-order valence-electron chi connectivity index (χ2n) is 4.96. The monoisotopic (exact) mass is 404 g/mol. The molecule has 1 heterocycles. The third-order valence-corrected chi connectivity index (χ3v) is 6.19. The number of ether oxygens (including phenoxy) is 3. The molecule has 3 aromatic rings. The Hall–Kier alpha value is -2.55. The molecule has 8 heteroatoms. The maximum Gasteiger partial charge on any atom is 0.513 e. The van der Waals surface area contributed by atoms with E-state index in [-0.39, 0.29) is 11.3 Å². The largest absolute Gasteiger partial charge is 0.513 e. The number of benzene rings is 2. The van der Waals surface area contributed by atoms with E-state index in [9.17, 15) is 9.59 Å². The fraction of sp³-hybridized carbons (Fsp3) is 0.0556. The van der Waals surface area contributed by atoms with Gasteiger partial charge in [-0.25, -0.2) is 9.59 Å². The normalized spacial score (nSPS) is 10.2. The van der Waals surface area contributed by atoms with Crippen molar-refractivity contribution in [2.45, 2.75) is 0 Å². The van der Waals surface area contributed by atoms with Crippen molar-refractivity contribution in [3.8, 4) is 21.9 Å². The molecule has 0 saturated heterocycles. The van der Waals surface area contributed by atoms with Crippen molar-refractivity contribution in [2.75, 3.05) is 7.11 Å². The van der Waals surface area contributed by atoms with Crippen LogP contribution in [-0.2, 0) is 4.74 Å². The van der Waals surface area contributed by atoms with Gasteiger partial charge in [-0.15, -0.1) is 0 Å². The summed E-state index contributed by atoms with van der Waals surface area (Å²) in [6.45, 7) is 0. The van der Waals surface area contributed by atoms with Gasteiger partial charge in [0.25, 0.3) is 0 Å². The Morgan fingerprint density at radius 2 is 1.69 bits per heavy atom. The Kier molecular flexibility index (Phi) is 5.77. The zero-order chi connectivity index (χ0) is 18.5. The number of carbonyl (C=O) groups excluding carboxylic acids is 2. The molecule has 0 saturated carbocycles. The van der Waals surface area contributed by atoms with Gasteiger partial charge >= 0.3 is 12.1 Å². The van der Waals surface area contributed by atoms with Crippen molar-refractivity contribution in [1.82, 2.24) is 0 Å². The van der Waals surface area contributed by atoms with E-state index in [4.69, 9.17) is 21.7 Å². The van der Waals surface area contributed by atoms with Crippen LogP contribution < -0.4 is 9.47 Å². The van der Waals surface area contributed by atoms with Crippen LogP contribution in [0.2, 0.25) is 0 Å². The van der Waals surface area contributed by atoms with Gasteiger partial charge in [0.2, 0.25) is 0 Å². The summed E-state index contributed by atoms with van der Waals surface area (Å²) in [7, 11) is 4.33. The minimum atomic E-state index is -0.910. The van der Waals surface area contributed by atoms with E-state index in [1.807, 2.05) is 18.2 Å². The van der Waals surface area contributed by atoms with E-state index in [0.717, 1.165) is 14.3 Å². The Morgan fingerprint density at radius 3 is 2.35 bits per heavy atom. The lowest BCUT2D eigenvalue weighted by Gasteiger charge is -2.09. The quantitative estimate of drug-likeness (QED) is 0.186. The van der Waals surface area contributed by atoms with E-state index in [1.165, 1.54) is 29.6 Å². The molecule has 3 rings (SSSR count). The topological polar surface area (TPSA) is 61.8 Å². The lowest BCUT2D eigenvalue weighted by atomic mass is 10.2. The number of hydrogen-bond acceptors (Lipinski definition) is 8. The maximum atomic E-state index is 12.4. The summed E-state index contributed by atoms with van der Waals surface area (Å²) in [5.41, 5.74) is 1.12. The van der Waals surface area contributed by atoms with Gasteiger partial charge in [-0.1, -0.05) is 45.0 Å². The summed E-state index contributed by atoms with van der Waals surface area (Å²) in [4.78, 5) is 24.7. The summed E-state index contributed by atoms with van der Waals surface area (Å²) >= 11 is 5.14. The van der Waals surface area contributed by atoms with E-state index < -0.39 is 12.1 Å². The summed E-state index contributed by atoms with van der Waals surface area (Å²) in [5.74, 6) is -0.187. The van der Waals surface area contributed by atoms with Crippen LogP contribution in [0.3, 0.4) is 0 Å². The minimum Gasteiger partial charge on any atom is -0.437 e. The van der Waals surface area contributed by atoms with Crippen LogP contribution in [-0.4, -0.2) is 19.2 Å². The van der Waals surface area contributed by atoms with Gasteiger partial charge in [0.15, 0.2) is 0 Å². The molecular formula is C18H12O5S3. The first-order valence-electron chi connectivity index (χ1n) is 7.34. The van der Waals surface area contributed by atoms with Gasteiger partial charge in [0.1, 0.15) is 20.9 Å². The van der Waals surface area contributed by atoms with Crippen molar-refractivity contribution in [3.05, 3.63) is 64.0 Å². The Balaban J connectivity index is 1.76. The average Bonchev–Trinajstić information content (AvgIpc) is 3.09. The SMILES string of the molecule is COC(=O)Oc1ccccc1C(=O)Oc1ccc(-c2cc(=S)ss2)cc1. The first-order valence-corrected chi connectivity index (χ1v) is 9.90. The van der Waals surface area contributed by atoms with Gasteiger partial charge in [-0.2, -0.15) is 0 Å². The molecule has 0 spiro atoms. The van der Waals surface area contributed by atoms with E-state index in [1.54, 1.807) is 34.6 Å². The highest BCUT2D eigenvalue weighted by atomic mass is 32.9. The third-order valence-electron chi connectivity index (χ3n) is 3.28. The molecule has 0 aliphatic carbocycles. The standard InChI is InChI=1S/C18H12O5S3/c1-21-18(20)23-14-5-3-2-4-13(14)17(19)22-12-8-6-11(7-9-12)15-10-16(24)26-25-15/h2-10H,1H3. The lowest BCUT2D eigenvalue weighted by Crippen LogP contribution is -2.14. The number of rotatable bonds is 4. The Morgan fingerprint density at radius 1 is 0.962 bits per heavy atom. The van der Waals surface area contributed by atoms with Crippen LogP contribution in [0.15, 0.2) is 54.6 Å². The number of para-hydroxylation sites is 1. The zero-order valence-electron chi connectivity index (χ0n) is 13.5. The molecular weight excluding hydrogens is 392 g/mol. The molecule has 2 aromatic carbocycles. The first kappa shape index (κ1) is 18.2. The van der Waals surface area contributed by atoms with Gasteiger partial charge in [-0.3, -0.25) is 0 Å². The van der Waals surface area contributed by atoms with E-state index in [2.05, 4.69) is 4.74 Å². The van der Waals surface area contributed by atoms with Gasteiger partial charge < -0.3 is 14.2 Å². The summed E-state index contributed by atoms with van der Waals surface area (Å²) < 4.78 is 15.6. The number of carbonyl (C=O) groups is 2. The van der Waals surface area contributed by atoms with Crippen LogP contribution >= 0.6 is 32.9 Å². The van der Waals surface area contributed by atoms with Crippen LogP contribution in [0.4, 0.5) is 4.79 Å². The molecule has 1 aromatic heterocycles. The molecule has 26 heavy (non-hydrogen) atoms. The molecule has 132 valence electrons. The minimum absolute atomic E-state index is 0.0685. The maximum absolute atomic E-state index is 12.4. The molecule has 5 nitrogen and oxygen atoms in total. The number of methoxy groups -OCH3 is 1. The lowest BCUT2D eigenvalue weighted by molar-refractivity contribution is 0.0729.